The molecular weight excluding hydrogens is 222 g/mol. The molecule has 1 aromatic rings. The van der Waals surface area contributed by atoms with Crippen molar-refractivity contribution < 1.29 is 9.53 Å². The van der Waals surface area contributed by atoms with E-state index >= 15 is 0 Å². The first-order valence-electron chi connectivity index (χ1n) is 5.08. The number of carbonyl (C=O) groups excluding carboxylic acids is 1. The van der Waals surface area contributed by atoms with Gasteiger partial charge in [0.25, 0.3) is 0 Å². The molecule has 1 aromatic carbocycles. The van der Waals surface area contributed by atoms with E-state index in [1.54, 1.807) is 17.8 Å². The molecule has 0 N–H and O–H groups in total. The second-order valence-corrected chi connectivity index (χ2v) is 4.41. The molecular formula is C12H17NO2S. The van der Waals surface area contributed by atoms with E-state index in [-0.39, 0.29) is 5.97 Å². The second kappa shape index (κ2) is 6.43. The van der Waals surface area contributed by atoms with Crippen LogP contribution in [0.1, 0.15) is 10.4 Å². The second-order valence-electron chi connectivity index (χ2n) is 3.42. The number of thioether (sulfide) groups is 1. The lowest BCUT2D eigenvalue weighted by molar-refractivity contribution is 0.0601. The summed E-state index contributed by atoms with van der Waals surface area (Å²) in [5, 5.41) is 0. The molecule has 0 saturated heterocycles. The maximum Gasteiger partial charge on any atom is 0.339 e. The van der Waals surface area contributed by atoms with E-state index < -0.39 is 0 Å². The summed E-state index contributed by atoms with van der Waals surface area (Å²) in [6.07, 6.45) is 2.07. The van der Waals surface area contributed by atoms with Crippen LogP contribution in [-0.4, -0.2) is 38.7 Å². The Morgan fingerprint density at radius 3 is 2.75 bits per heavy atom. The van der Waals surface area contributed by atoms with Crippen LogP contribution in [-0.2, 0) is 4.74 Å². The summed E-state index contributed by atoms with van der Waals surface area (Å²) >= 11 is 1.79. The van der Waals surface area contributed by atoms with Crippen molar-refractivity contribution in [2.75, 3.05) is 37.6 Å². The molecule has 0 fully saturated rings. The molecule has 0 heterocycles. The van der Waals surface area contributed by atoms with Gasteiger partial charge < -0.3 is 9.64 Å². The first-order valence-corrected chi connectivity index (χ1v) is 6.47. The fraction of sp³-hybridized carbons (Fsp3) is 0.417. The summed E-state index contributed by atoms with van der Waals surface area (Å²) in [5.74, 6) is 0.748. The number of carbonyl (C=O) groups is 1. The monoisotopic (exact) mass is 239 g/mol. The molecule has 0 amide bonds. The van der Waals surface area contributed by atoms with Gasteiger partial charge in [-0.3, -0.25) is 0 Å². The minimum atomic E-state index is -0.286. The molecule has 0 aliphatic carbocycles. The highest BCUT2D eigenvalue weighted by molar-refractivity contribution is 7.98. The Bertz CT molecular complexity index is 355. The van der Waals surface area contributed by atoms with Crippen LogP contribution in [0.15, 0.2) is 24.3 Å². The number of benzene rings is 1. The highest BCUT2D eigenvalue weighted by Gasteiger charge is 2.13. The van der Waals surface area contributed by atoms with Crippen LogP contribution >= 0.6 is 11.8 Å². The van der Waals surface area contributed by atoms with Crippen molar-refractivity contribution >= 4 is 23.4 Å². The van der Waals surface area contributed by atoms with Crippen molar-refractivity contribution in [1.29, 1.82) is 0 Å². The molecule has 0 bridgehead atoms. The van der Waals surface area contributed by atoms with E-state index in [9.17, 15) is 4.79 Å². The van der Waals surface area contributed by atoms with Crippen molar-refractivity contribution in [3.63, 3.8) is 0 Å². The van der Waals surface area contributed by atoms with Gasteiger partial charge in [-0.05, 0) is 18.4 Å². The van der Waals surface area contributed by atoms with E-state index in [0.29, 0.717) is 5.56 Å². The fourth-order valence-corrected chi connectivity index (χ4v) is 1.89. The maximum absolute atomic E-state index is 11.6. The number of nitrogens with zero attached hydrogens (tertiary/aromatic N) is 1. The van der Waals surface area contributed by atoms with Crippen molar-refractivity contribution in [3.8, 4) is 0 Å². The Hall–Kier alpha value is -1.16. The zero-order chi connectivity index (χ0) is 12.0. The van der Waals surface area contributed by atoms with E-state index in [0.717, 1.165) is 18.0 Å². The van der Waals surface area contributed by atoms with Crippen LogP contribution in [0.5, 0.6) is 0 Å². The average Bonchev–Trinajstić information content (AvgIpc) is 2.35. The highest BCUT2D eigenvalue weighted by Crippen LogP contribution is 2.20. The Balaban J connectivity index is 2.89. The van der Waals surface area contributed by atoms with Crippen LogP contribution in [0.4, 0.5) is 5.69 Å². The van der Waals surface area contributed by atoms with Gasteiger partial charge >= 0.3 is 5.97 Å². The summed E-state index contributed by atoms with van der Waals surface area (Å²) in [4.78, 5) is 13.6. The SMILES string of the molecule is COC(=O)c1ccccc1N(C)CCSC. The van der Waals surface area contributed by atoms with Gasteiger partial charge in [-0.25, -0.2) is 4.79 Å². The van der Waals surface area contributed by atoms with Gasteiger partial charge in [0.1, 0.15) is 0 Å². The fourth-order valence-electron chi connectivity index (χ4n) is 1.44. The predicted octanol–water partition coefficient (Wildman–Crippen LogP) is 2.27. The van der Waals surface area contributed by atoms with Gasteiger partial charge in [0.2, 0.25) is 0 Å². The molecule has 16 heavy (non-hydrogen) atoms. The molecule has 0 radical (unpaired) electrons. The van der Waals surface area contributed by atoms with Crippen molar-refractivity contribution in [2.24, 2.45) is 0 Å². The molecule has 0 atom stereocenters. The van der Waals surface area contributed by atoms with Gasteiger partial charge in [-0.1, -0.05) is 12.1 Å². The van der Waals surface area contributed by atoms with Crippen molar-refractivity contribution in [1.82, 2.24) is 0 Å². The number of hydrogen-bond acceptors (Lipinski definition) is 4. The molecule has 88 valence electrons. The Morgan fingerprint density at radius 1 is 1.44 bits per heavy atom. The largest absolute Gasteiger partial charge is 0.465 e. The lowest BCUT2D eigenvalue weighted by atomic mass is 10.1. The maximum atomic E-state index is 11.6. The first kappa shape index (κ1) is 12.9. The Labute approximate surface area is 101 Å². The number of methoxy groups -OCH3 is 1. The van der Waals surface area contributed by atoms with E-state index in [4.69, 9.17) is 4.74 Å². The lowest BCUT2D eigenvalue weighted by Gasteiger charge is -2.21. The van der Waals surface area contributed by atoms with Crippen LogP contribution in [0.25, 0.3) is 0 Å². The summed E-state index contributed by atoms with van der Waals surface area (Å²) in [7, 11) is 3.39. The normalized spacial score (nSPS) is 9.94. The lowest BCUT2D eigenvalue weighted by Crippen LogP contribution is -2.22. The Morgan fingerprint density at radius 2 is 2.12 bits per heavy atom. The number of hydrogen-bond donors (Lipinski definition) is 0. The van der Waals surface area contributed by atoms with E-state index in [1.165, 1.54) is 7.11 Å². The smallest absolute Gasteiger partial charge is 0.339 e. The molecule has 0 unspecified atom stereocenters. The third-order valence-corrected chi connectivity index (χ3v) is 2.94. The van der Waals surface area contributed by atoms with Crippen LogP contribution in [0.2, 0.25) is 0 Å². The summed E-state index contributed by atoms with van der Waals surface area (Å²) in [6, 6.07) is 7.50. The standard InChI is InChI=1S/C12H17NO2S/c1-13(8-9-16-3)11-7-5-4-6-10(11)12(14)15-2/h4-7H,8-9H2,1-3H3. The molecule has 3 nitrogen and oxygen atoms in total. The number of anilines is 1. The van der Waals surface area contributed by atoms with Gasteiger partial charge in [0.15, 0.2) is 0 Å². The number of esters is 1. The topological polar surface area (TPSA) is 29.5 Å². The van der Waals surface area contributed by atoms with Crippen LogP contribution in [0, 0.1) is 0 Å². The van der Waals surface area contributed by atoms with Crippen LogP contribution in [0.3, 0.4) is 0 Å². The van der Waals surface area contributed by atoms with Crippen molar-refractivity contribution in [2.45, 2.75) is 0 Å². The third kappa shape index (κ3) is 3.17. The summed E-state index contributed by atoms with van der Waals surface area (Å²) in [5.41, 5.74) is 1.54. The molecule has 0 spiro atoms. The molecule has 0 aliphatic heterocycles. The quantitative estimate of drug-likeness (QED) is 0.737. The van der Waals surface area contributed by atoms with Crippen LogP contribution < -0.4 is 4.90 Å². The highest BCUT2D eigenvalue weighted by atomic mass is 32.2. The first-order chi connectivity index (χ1) is 7.70. The third-order valence-electron chi connectivity index (χ3n) is 2.35. The zero-order valence-corrected chi connectivity index (χ0v) is 10.7. The molecule has 0 aromatic heterocycles. The van der Waals surface area contributed by atoms with E-state index in [2.05, 4.69) is 11.2 Å². The van der Waals surface area contributed by atoms with E-state index in [1.807, 2.05) is 25.2 Å². The Kier molecular flexibility index (Phi) is 5.19. The van der Waals surface area contributed by atoms with Gasteiger partial charge in [0, 0.05) is 19.3 Å². The van der Waals surface area contributed by atoms with Gasteiger partial charge in [-0.15, -0.1) is 0 Å². The summed E-state index contributed by atoms with van der Waals surface area (Å²) in [6.45, 7) is 0.912. The minimum absolute atomic E-state index is 0.286. The molecule has 1 rings (SSSR count). The number of ether oxygens (including phenoxy) is 1. The molecule has 4 heteroatoms. The van der Waals surface area contributed by atoms with Crippen molar-refractivity contribution in [3.05, 3.63) is 29.8 Å². The summed E-state index contributed by atoms with van der Waals surface area (Å²) < 4.78 is 4.76. The van der Waals surface area contributed by atoms with Gasteiger partial charge in [0.05, 0.1) is 18.4 Å². The van der Waals surface area contributed by atoms with Gasteiger partial charge in [-0.2, -0.15) is 11.8 Å². The minimum Gasteiger partial charge on any atom is -0.465 e. The predicted molar refractivity (Wildman–Crippen MR) is 69.4 cm³/mol. The molecule has 0 saturated carbocycles. The average molecular weight is 239 g/mol. The molecule has 0 aliphatic rings. The number of para-hydroxylation sites is 1. The zero-order valence-electron chi connectivity index (χ0n) is 9.90. The number of rotatable bonds is 5.